The summed E-state index contributed by atoms with van der Waals surface area (Å²) in [5.74, 6) is -1.16. The number of piperidine rings is 2. The number of carboxylic acid groups (broad SMARTS) is 1. The number of hydrogen-bond acceptors (Lipinski definition) is 2. The smallest absolute Gasteiger partial charge is 0.320 e. The lowest BCUT2D eigenvalue weighted by atomic mass is 9.97. The number of carboxylic acids is 1. The van der Waals surface area contributed by atoms with Gasteiger partial charge < -0.3 is 14.9 Å². The number of aliphatic carboxylic acids is 1. The normalized spacial score (nSPS) is 28.3. The lowest BCUT2D eigenvalue weighted by Crippen LogP contribution is -2.53. The third-order valence-corrected chi connectivity index (χ3v) is 4.39. The zero-order valence-corrected chi connectivity index (χ0v) is 11.7. The molecule has 0 aromatic carbocycles. The number of carbonyl (C=O) groups excluding carboxylic acids is 1. The second kappa shape index (κ2) is 6.26. The molecule has 0 bridgehead atoms. The second-order valence-electron chi connectivity index (χ2n) is 5.66. The first-order valence-corrected chi connectivity index (χ1v) is 7.41. The summed E-state index contributed by atoms with van der Waals surface area (Å²) in [5, 5.41) is 9.09. The summed E-state index contributed by atoms with van der Waals surface area (Å²) >= 11 is 0. The quantitative estimate of drug-likeness (QED) is 0.835. The van der Waals surface area contributed by atoms with Crippen LogP contribution in [0.3, 0.4) is 0 Å². The molecule has 0 spiro atoms. The zero-order chi connectivity index (χ0) is 13.8. The number of hydrogen-bond donors (Lipinski definition) is 1. The van der Waals surface area contributed by atoms with Crippen LogP contribution in [0.4, 0.5) is 4.79 Å². The summed E-state index contributed by atoms with van der Waals surface area (Å²) in [6.07, 6.45) is 5.82. The molecule has 0 radical (unpaired) electrons. The van der Waals surface area contributed by atoms with Crippen LogP contribution in [0.2, 0.25) is 0 Å². The molecule has 2 atom stereocenters. The van der Waals surface area contributed by atoms with Gasteiger partial charge in [-0.05, 0) is 38.5 Å². The molecule has 1 N–H and O–H groups in total. The van der Waals surface area contributed by atoms with E-state index in [0.29, 0.717) is 25.6 Å². The minimum absolute atomic E-state index is 0.0532. The van der Waals surface area contributed by atoms with E-state index >= 15 is 0 Å². The van der Waals surface area contributed by atoms with Crippen molar-refractivity contribution in [2.24, 2.45) is 5.92 Å². The number of urea groups is 1. The predicted molar refractivity (Wildman–Crippen MR) is 72.0 cm³/mol. The van der Waals surface area contributed by atoms with Crippen molar-refractivity contribution in [3.8, 4) is 0 Å². The van der Waals surface area contributed by atoms with E-state index in [0.717, 1.165) is 32.2 Å². The van der Waals surface area contributed by atoms with Gasteiger partial charge >= 0.3 is 12.0 Å². The van der Waals surface area contributed by atoms with Gasteiger partial charge in [0.25, 0.3) is 0 Å². The van der Waals surface area contributed by atoms with Crippen molar-refractivity contribution in [2.75, 3.05) is 19.6 Å². The Morgan fingerprint density at radius 1 is 1.16 bits per heavy atom. The molecule has 2 aliphatic rings. The number of nitrogens with zero attached hydrogens (tertiary/aromatic N) is 2. The summed E-state index contributed by atoms with van der Waals surface area (Å²) in [7, 11) is 0. The summed E-state index contributed by atoms with van der Waals surface area (Å²) in [6.45, 7) is 4.02. The first-order valence-electron chi connectivity index (χ1n) is 7.41. The van der Waals surface area contributed by atoms with Crippen LogP contribution in [0.15, 0.2) is 0 Å². The zero-order valence-electron chi connectivity index (χ0n) is 11.7. The fourth-order valence-electron chi connectivity index (χ4n) is 3.21. The van der Waals surface area contributed by atoms with E-state index < -0.39 is 5.97 Å². The highest BCUT2D eigenvalue weighted by atomic mass is 16.4. The van der Waals surface area contributed by atoms with Gasteiger partial charge in [-0.2, -0.15) is 0 Å². The van der Waals surface area contributed by atoms with Crippen LogP contribution in [0.1, 0.15) is 45.4 Å². The van der Waals surface area contributed by atoms with Crippen molar-refractivity contribution in [1.82, 2.24) is 9.80 Å². The fourth-order valence-corrected chi connectivity index (χ4v) is 3.21. The van der Waals surface area contributed by atoms with Crippen molar-refractivity contribution in [3.05, 3.63) is 0 Å². The van der Waals surface area contributed by atoms with Crippen LogP contribution in [-0.2, 0) is 4.79 Å². The summed E-state index contributed by atoms with van der Waals surface area (Å²) in [5.41, 5.74) is 0. The Kier molecular flexibility index (Phi) is 4.66. The van der Waals surface area contributed by atoms with E-state index in [9.17, 15) is 9.59 Å². The van der Waals surface area contributed by atoms with Crippen molar-refractivity contribution >= 4 is 12.0 Å². The van der Waals surface area contributed by atoms with Gasteiger partial charge in [-0.15, -0.1) is 0 Å². The molecule has 0 aromatic heterocycles. The second-order valence-corrected chi connectivity index (χ2v) is 5.66. The summed E-state index contributed by atoms with van der Waals surface area (Å²) in [4.78, 5) is 27.3. The van der Waals surface area contributed by atoms with Crippen molar-refractivity contribution in [2.45, 2.75) is 51.5 Å². The van der Waals surface area contributed by atoms with Crippen LogP contribution in [0.25, 0.3) is 0 Å². The molecule has 2 saturated heterocycles. The summed E-state index contributed by atoms with van der Waals surface area (Å²) < 4.78 is 0. The average molecular weight is 268 g/mol. The Hall–Kier alpha value is -1.26. The van der Waals surface area contributed by atoms with Crippen LogP contribution in [-0.4, -0.2) is 52.6 Å². The molecular weight excluding hydrogens is 244 g/mol. The van der Waals surface area contributed by atoms with E-state index in [1.165, 1.54) is 6.42 Å². The third-order valence-electron chi connectivity index (χ3n) is 4.39. The Morgan fingerprint density at radius 2 is 1.95 bits per heavy atom. The molecule has 2 rings (SSSR count). The van der Waals surface area contributed by atoms with E-state index in [4.69, 9.17) is 5.11 Å². The molecule has 0 saturated carbocycles. The molecule has 0 aliphatic carbocycles. The maximum atomic E-state index is 12.5. The Balaban J connectivity index is 1.99. The van der Waals surface area contributed by atoms with Gasteiger partial charge in [-0.3, -0.25) is 4.79 Å². The lowest BCUT2D eigenvalue weighted by molar-refractivity contribution is -0.143. The molecule has 5 nitrogen and oxygen atoms in total. The van der Waals surface area contributed by atoms with E-state index in [-0.39, 0.29) is 11.9 Å². The van der Waals surface area contributed by atoms with Crippen molar-refractivity contribution in [1.29, 1.82) is 0 Å². The summed E-state index contributed by atoms with van der Waals surface area (Å²) in [6, 6.07) is 0.393. The molecule has 1 unspecified atom stereocenters. The standard InChI is InChI=1S/C14H24N2O3/c1-2-12-7-3-4-9-16(12)14(19)15-8-5-6-11(10-15)13(17)18/h11-12H,2-10H2,1H3,(H,17,18)/t11-,12?/m1/s1. The molecule has 2 fully saturated rings. The van der Waals surface area contributed by atoms with Gasteiger partial charge in [-0.25, -0.2) is 4.79 Å². The lowest BCUT2D eigenvalue weighted by Gasteiger charge is -2.40. The predicted octanol–water partition coefficient (Wildman–Crippen LogP) is 2.17. The van der Waals surface area contributed by atoms with Crippen LogP contribution < -0.4 is 0 Å². The Bertz CT molecular complexity index is 346. The molecule has 2 amide bonds. The average Bonchev–Trinajstić information content (AvgIpc) is 2.46. The van der Waals surface area contributed by atoms with Crippen molar-refractivity contribution in [3.63, 3.8) is 0 Å². The van der Waals surface area contributed by atoms with E-state index in [1.807, 2.05) is 4.90 Å². The molecular formula is C14H24N2O3. The van der Waals surface area contributed by atoms with E-state index in [2.05, 4.69) is 6.92 Å². The molecule has 108 valence electrons. The number of amides is 2. The highest BCUT2D eigenvalue weighted by Crippen LogP contribution is 2.24. The highest BCUT2D eigenvalue weighted by molar-refractivity contribution is 5.77. The minimum Gasteiger partial charge on any atom is -0.481 e. The van der Waals surface area contributed by atoms with Crippen LogP contribution in [0, 0.1) is 5.92 Å². The molecule has 19 heavy (non-hydrogen) atoms. The van der Waals surface area contributed by atoms with Gasteiger partial charge in [0.05, 0.1) is 5.92 Å². The van der Waals surface area contributed by atoms with Gasteiger partial charge in [-0.1, -0.05) is 6.92 Å². The number of rotatable bonds is 2. The Morgan fingerprint density at radius 3 is 2.63 bits per heavy atom. The maximum absolute atomic E-state index is 12.5. The van der Waals surface area contributed by atoms with Crippen LogP contribution in [0.5, 0.6) is 0 Å². The van der Waals surface area contributed by atoms with Gasteiger partial charge in [0.2, 0.25) is 0 Å². The molecule has 2 heterocycles. The fraction of sp³-hybridized carbons (Fsp3) is 0.857. The molecule has 0 aromatic rings. The van der Waals surface area contributed by atoms with Crippen LogP contribution >= 0.6 is 0 Å². The molecule has 2 aliphatic heterocycles. The highest BCUT2D eigenvalue weighted by Gasteiger charge is 2.33. The maximum Gasteiger partial charge on any atom is 0.320 e. The largest absolute Gasteiger partial charge is 0.481 e. The number of carbonyl (C=O) groups is 2. The monoisotopic (exact) mass is 268 g/mol. The minimum atomic E-state index is -0.775. The van der Waals surface area contributed by atoms with Gasteiger partial charge in [0.1, 0.15) is 0 Å². The molecule has 5 heteroatoms. The van der Waals surface area contributed by atoms with Gasteiger partial charge in [0, 0.05) is 25.7 Å². The number of likely N-dealkylation sites (tertiary alicyclic amines) is 2. The Labute approximate surface area is 114 Å². The first-order chi connectivity index (χ1) is 9.13. The first kappa shape index (κ1) is 14.2. The third kappa shape index (κ3) is 3.19. The van der Waals surface area contributed by atoms with Gasteiger partial charge in [0.15, 0.2) is 0 Å². The van der Waals surface area contributed by atoms with E-state index in [1.54, 1.807) is 4.90 Å². The SMILES string of the molecule is CCC1CCCCN1C(=O)N1CCC[C@@H](C(=O)O)C1. The van der Waals surface area contributed by atoms with Crippen molar-refractivity contribution < 1.29 is 14.7 Å². The topological polar surface area (TPSA) is 60.9 Å².